The summed E-state index contributed by atoms with van der Waals surface area (Å²) in [5.74, 6) is -0.845. The molecule has 0 radical (unpaired) electrons. The first kappa shape index (κ1) is 23.2. The zero-order valence-electron chi connectivity index (χ0n) is 16.7. The molecule has 1 rings (SSSR count). The van der Waals surface area contributed by atoms with Gasteiger partial charge in [-0.1, -0.05) is 18.5 Å². The molecule has 1 aromatic rings. The fourth-order valence-corrected chi connectivity index (χ4v) is 3.11. The summed E-state index contributed by atoms with van der Waals surface area (Å²) in [6.07, 6.45) is 0.924. The normalized spacial score (nSPS) is 11.8. The first-order valence-electron chi connectivity index (χ1n) is 9.14. The Kier molecular flexibility index (Phi) is 10.1. The highest BCUT2D eigenvalue weighted by Crippen LogP contribution is 2.30. The quantitative estimate of drug-likeness (QED) is 0.416. The van der Waals surface area contributed by atoms with Crippen molar-refractivity contribution in [3.05, 3.63) is 22.5 Å². The summed E-state index contributed by atoms with van der Waals surface area (Å²) in [7, 11) is 1.61. The van der Waals surface area contributed by atoms with Crippen molar-refractivity contribution in [1.29, 1.82) is 0 Å². The Labute approximate surface area is 165 Å². The van der Waals surface area contributed by atoms with Crippen LogP contribution in [0.5, 0.6) is 0 Å². The number of carbonyl (C=O) groups excluding carboxylic acids is 2. The molecule has 1 aromatic heterocycles. The SMILES string of the molecule is CCOC(=O)CCN(c1cc(C)nc(Cl)c1C(=O)OCC)C(CC)COC. The Morgan fingerprint density at radius 3 is 2.44 bits per heavy atom. The molecule has 0 bridgehead atoms. The van der Waals surface area contributed by atoms with Crippen molar-refractivity contribution in [3.8, 4) is 0 Å². The highest BCUT2D eigenvalue weighted by atomic mass is 35.5. The number of hydrogen-bond acceptors (Lipinski definition) is 7. The molecule has 152 valence electrons. The molecule has 0 saturated heterocycles. The topological polar surface area (TPSA) is 78.0 Å². The lowest BCUT2D eigenvalue weighted by molar-refractivity contribution is -0.142. The van der Waals surface area contributed by atoms with Gasteiger partial charge in [0.05, 0.1) is 38.0 Å². The van der Waals surface area contributed by atoms with Crippen LogP contribution in [0.2, 0.25) is 5.15 Å². The molecule has 0 aliphatic rings. The number of carbonyl (C=O) groups is 2. The number of aryl methyl sites for hydroxylation is 1. The van der Waals surface area contributed by atoms with E-state index < -0.39 is 5.97 Å². The number of hydrogen-bond donors (Lipinski definition) is 0. The van der Waals surface area contributed by atoms with Crippen molar-refractivity contribution < 1.29 is 23.8 Å². The number of halogens is 1. The Balaban J connectivity index is 3.37. The Morgan fingerprint density at radius 2 is 1.89 bits per heavy atom. The Hall–Kier alpha value is -1.86. The molecule has 7 nitrogen and oxygen atoms in total. The van der Waals surface area contributed by atoms with Crippen LogP contribution in [0.1, 0.15) is 49.7 Å². The summed E-state index contributed by atoms with van der Waals surface area (Å²) < 4.78 is 15.5. The maximum Gasteiger partial charge on any atom is 0.343 e. The van der Waals surface area contributed by atoms with Gasteiger partial charge in [-0.25, -0.2) is 9.78 Å². The lowest BCUT2D eigenvalue weighted by Gasteiger charge is -2.34. The number of anilines is 1. The molecule has 1 unspecified atom stereocenters. The third-order valence-corrected chi connectivity index (χ3v) is 4.28. The number of ether oxygens (including phenoxy) is 3. The molecular weight excluding hydrogens is 372 g/mol. The molecule has 1 heterocycles. The van der Waals surface area contributed by atoms with E-state index in [1.165, 1.54) is 0 Å². The highest BCUT2D eigenvalue weighted by Gasteiger charge is 2.27. The second-order valence-electron chi connectivity index (χ2n) is 5.93. The third-order valence-electron chi connectivity index (χ3n) is 4.00. The summed E-state index contributed by atoms with van der Waals surface area (Å²) in [5, 5.41) is 0.0804. The molecule has 1 atom stereocenters. The van der Waals surface area contributed by atoms with Crippen LogP contribution in [0, 0.1) is 6.92 Å². The molecule has 0 amide bonds. The van der Waals surface area contributed by atoms with Crippen LogP contribution in [0.25, 0.3) is 0 Å². The first-order chi connectivity index (χ1) is 12.9. The van der Waals surface area contributed by atoms with E-state index >= 15 is 0 Å². The van der Waals surface area contributed by atoms with Crippen molar-refractivity contribution in [2.45, 2.75) is 46.6 Å². The summed E-state index contributed by atoms with van der Waals surface area (Å²) in [6.45, 7) is 8.63. The van der Waals surface area contributed by atoms with Crippen LogP contribution in [0.3, 0.4) is 0 Å². The standard InChI is InChI=1S/C19H29ClN2O5/c1-6-14(12-25-5)22(10-9-16(23)26-7-2)15-11-13(4)21-18(20)17(15)19(24)27-8-3/h11,14H,6-10,12H2,1-5H3. The van der Waals surface area contributed by atoms with E-state index in [0.29, 0.717) is 31.1 Å². The molecule has 0 N–H and O–H groups in total. The van der Waals surface area contributed by atoms with Crippen molar-refractivity contribution in [1.82, 2.24) is 4.98 Å². The van der Waals surface area contributed by atoms with Crippen LogP contribution in [-0.4, -0.2) is 56.4 Å². The van der Waals surface area contributed by atoms with E-state index in [1.807, 2.05) is 11.8 Å². The largest absolute Gasteiger partial charge is 0.466 e. The van der Waals surface area contributed by atoms with Gasteiger partial charge in [-0.05, 0) is 33.3 Å². The number of esters is 2. The third kappa shape index (κ3) is 6.66. The zero-order valence-corrected chi connectivity index (χ0v) is 17.5. The number of rotatable bonds is 11. The van der Waals surface area contributed by atoms with Crippen molar-refractivity contribution in [3.63, 3.8) is 0 Å². The number of aromatic nitrogens is 1. The summed E-state index contributed by atoms with van der Waals surface area (Å²) in [5.41, 5.74) is 1.44. The predicted molar refractivity (Wildman–Crippen MR) is 104 cm³/mol. The number of pyridine rings is 1. The average molecular weight is 401 g/mol. The molecule has 0 aromatic carbocycles. The van der Waals surface area contributed by atoms with Gasteiger partial charge in [0.25, 0.3) is 0 Å². The minimum atomic E-state index is -0.543. The van der Waals surface area contributed by atoms with Gasteiger partial charge in [0.15, 0.2) is 0 Å². The van der Waals surface area contributed by atoms with Gasteiger partial charge < -0.3 is 19.1 Å². The fourth-order valence-electron chi connectivity index (χ4n) is 2.80. The molecule has 0 aliphatic carbocycles. The van der Waals surface area contributed by atoms with E-state index in [2.05, 4.69) is 4.98 Å². The van der Waals surface area contributed by atoms with E-state index in [0.717, 1.165) is 6.42 Å². The fraction of sp³-hybridized carbons (Fsp3) is 0.632. The maximum absolute atomic E-state index is 12.5. The van der Waals surface area contributed by atoms with E-state index in [9.17, 15) is 9.59 Å². The highest BCUT2D eigenvalue weighted by molar-refractivity contribution is 6.33. The van der Waals surface area contributed by atoms with Crippen LogP contribution in [-0.2, 0) is 19.0 Å². The Morgan fingerprint density at radius 1 is 1.22 bits per heavy atom. The van der Waals surface area contributed by atoms with E-state index in [-0.39, 0.29) is 35.8 Å². The van der Waals surface area contributed by atoms with Gasteiger partial charge in [-0.3, -0.25) is 4.79 Å². The van der Waals surface area contributed by atoms with Crippen LogP contribution in [0.4, 0.5) is 5.69 Å². The van der Waals surface area contributed by atoms with Crippen molar-refractivity contribution in [2.24, 2.45) is 0 Å². The number of methoxy groups -OCH3 is 1. The molecule has 0 spiro atoms. The van der Waals surface area contributed by atoms with Crippen LogP contribution >= 0.6 is 11.6 Å². The monoisotopic (exact) mass is 400 g/mol. The Bertz CT molecular complexity index is 639. The predicted octanol–water partition coefficient (Wildman–Crippen LogP) is 3.40. The maximum atomic E-state index is 12.5. The van der Waals surface area contributed by atoms with Crippen LogP contribution < -0.4 is 4.90 Å². The van der Waals surface area contributed by atoms with Crippen molar-refractivity contribution >= 4 is 29.2 Å². The van der Waals surface area contributed by atoms with Gasteiger partial charge >= 0.3 is 11.9 Å². The summed E-state index contributed by atoms with van der Waals surface area (Å²) >= 11 is 6.29. The second kappa shape index (κ2) is 11.8. The molecule has 27 heavy (non-hydrogen) atoms. The first-order valence-corrected chi connectivity index (χ1v) is 9.52. The minimum Gasteiger partial charge on any atom is -0.466 e. The minimum absolute atomic E-state index is 0.0598. The van der Waals surface area contributed by atoms with Gasteiger partial charge in [0.1, 0.15) is 10.7 Å². The second-order valence-corrected chi connectivity index (χ2v) is 6.29. The average Bonchev–Trinajstić information content (AvgIpc) is 2.60. The van der Waals surface area contributed by atoms with Gasteiger partial charge in [-0.15, -0.1) is 0 Å². The van der Waals surface area contributed by atoms with E-state index in [1.54, 1.807) is 33.9 Å². The summed E-state index contributed by atoms with van der Waals surface area (Å²) in [6, 6.07) is 1.72. The van der Waals surface area contributed by atoms with Gasteiger partial charge in [-0.2, -0.15) is 0 Å². The molecule has 0 aliphatic heterocycles. The lowest BCUT2D eigenvalue weighted by atomic mass is 10.1. The van der Waals surface area contributed by atoms with Crippen molar-refractivity contribution in [2.75, 3.05) is 38.4 Å². The lowest BCUT2D eigenvalue weighted by Crippen LogP contribution is -2.41. The van der Waals surface area contributed by atoms with E-state index in [4.69, 9.17) is 25.8 Å². The molecular formula is C19H29ClN2O5. The smallest absolute Gasteiger partial charge is 0.343 e. The van der Waals surface area contributed by atoms with Gasteiger partial charge in [0, 0.05) is 19.3 Å². The van der Waals surface area contributed by atoms with Gasteiger partial charge in [0.2, 0.25) is 0 Å². The number of nitrogens with zero attached hydrogens (tertiary/aromatic N) is 2. The summed E-state index contributed by atoms with van der Waals surface area (Å²) in [4.78, 5) is 30.6. The van der Waals surface area contributed by atoms with Crippen LogP contribution in [0.15, 0.2) is 6.07 Å². The molecule has 0 fully saturated rings. The molecule has 8 heteroatoms. The zero-order chi connectivity index (χ0) is 20.4. The molecule has 0 saturated carbocycles.